The summed E-state index contributed by atoms with van der Waals surface area (Å²) in [6.45, 7) is -0.0233. The number of carbonyl (C=O) groups is 1. The second kappa shape index (κ2) is 7.65. The number of halogens is 2. The van der Waals surface area contributed by atoms with Crippen LogP contribution in [0.1, 0.15) is 15.9 Å². The van der Waals surface area contributed by atoms with Crippen LogP contribution in [0.2, 0.25) is 10.0 Å². The quantitative estimate of drug-likeness (QED) is 0.584. The summed E-state index contributed by atoms with van der Waals surface area (Å²) in [5.41, 5.74) is 1.32. The van der Waals surface area contributed by atoms with Crippen molar-refractivity contribution in [3.05, 3.63) is 69.7 Å². The first-order chi connectivity index (χ1) is 10.6. The van der Waals surface area contributed by atoms with Crippen LogP contribution in [0.4, 0.5) is 0 Å². The molecule has 0 aromatic heterocycles. The van der Waals surface area contributed by atoms with Crippen LogP contribution in [0.5, 0.6) is 5.75 Å². The molecule has 0 aliphatic carbocycles. The Kier molecular flexibility index (Phi) is 5.60. The van der Waals surface area contributed by atoms with Crippen LogP contribution in [0.15, 0.2) is 48.5 Å². The molecule has 0 amide bonds. The molecule has 22 heavy (non-hydrogen) atoms. The number of rotatable bonds is 5. The number of nitrogens with zero attached hydrogens (tertiary/aromatic N) is 1. The molecule has 0 aliphatic heterocycles. The molecule has 0 radical (unpaired) electrons. The van der Waals surface area contributed by atoms with E-state index in [0.29, 0.717) is 21.4 Å². The van der Waals surface area contributed by atoms with Gasteiger partial charge < -0.3 is 4.74 Å². The van der Waals surface area contributed by atoms with Gasteiger partial charge in [-0.1, -0.05) is 35.3 Å². The standard InChI is InChI=1S/C17H11Cl2NO2/c18-15-7-1-12(11-16(15)19)2-8-17(21)13-3-5-14(6-4-13)22-10-9-20/h1-8,11H,10H2/b8-2+. The maximum Gasteiger partial charge on any atom is 0.185 e. The minimum absolute atomic E-state index is 0.0233. The van der Waals surface area contributed by atoms with Gasteiger partial charge in [-0.25, -0.2) is 0 Å². The SMILES string of the molecule is N#CCOc1ccc(C(=O)/C=C/c2ccc(Cl)c(Cl)c2)cc1. The zero-order chi connectivity index (χ0) is 15.9. The minimum Gasteiger partial charge on any atom is -0.479 e. The second-order valence-electron chi connectivity index (χ2n) is 4.34. The van der Waals surface area contributed by atoms with E-state index < -0.39 is 0 Å². The Morgan fingerprint density at radius 1 is 1.14 bits per heavy atom. The summed E-state index contributed by atoms with van der Waals surface area (Å²) in [6.07, 6.45) is 3.13. The largest absolute Gasteiger partial charge is 0.479 e. The van der Waals surface area contributed by atoms with E-state index >= 15 is 0 Å². The first-order valence-corrected chi connectivity index (χ1v) is 7.13. The molecule has 0 unspecified atom stereocenters. The first-order valence-electron chi connectivity index (χ1n) is 6.37. The van der Waals surface area contributed by atoms with Crippen LogP contribution in [0.3, 0.4) is 0 Å². The maximum atomic E-state index is 12.1. The highest BCUT2D eigenvalue weighted by Crippen LogP contribution is 2.23. The van der Waals surface area contributed by atoms with Crippen LogP contribution in [0.25, 0.3) is 6.08 Å². The normalized spacial score (nSPS) is 10.4. The zero-order valence-corrected chi connectivity index (χ0v) is 12.9. The van der Waals surface area contributed by atoms with Gasteiger partial charge in [0.1, 0.15) is 11.8 Å². The molecule has 5 heteroatoms. The van der Waals surface area contributed by atoms with Crippen LogP contribution in [0, 0.1) is 11.3 Å². The fraction of sp³-hybridized carbons (Fsp3) is 0.0588. The highest BCUT2D eigenvalue weighted by atomic mass is 35.5. The molecule has 2 rings (SSSR count). The molecule has 0 saturated heterocycles. The second-order valence-corrected chi connectivity index (χ2v) is 5.16. The summed E-state index contributed by atoms with van der Waals surface area (Å²) in [6, 6.07) is 13.6. The summed E-state index contributed by atoms with van der Waals surface area (Å²) in [4.78, 5) is 12.1. The molecule has 2 aromatic carbocycles. The number of nitriles is 1. The van der Waals surface area contributed by atoms with E-state index in [1.165, 1.54) is 6.08 Å². The van der Waals surface area contributed by atoms with E-state index in [1.807, 2.05) is 6.07 Å². The number of ketones is 1. The van der Waals surface area contributed by atoms with Crippen molar-refractivity contribution in [3.8, 4) is 11.8 Å². The molecule has 110 valence electrons. The Morgan fingerprint density at radius 2 is 1.86 bits per heavy atom. The Balaban J connectivity index is 2.06. The van der Waals surface area contributed by atoms with E-state index in [4.69, 9.17) is 33.2 Å². The van der Waals surface area contributed by atoms with Gasteiger partial charge in [0, 0.05) is 5.56 Å². The lowest BCUT2D eigenvalue weighted by atomic mass is 10.1. The van der Waals surface area contributed by atoms with Crippen molar-refractivity contribution in [3.63, 3.8) is 0 Å². The van der Waals surface area contributed by atoms with Gasteiger partial charge in [0.25, 0.3) is 0 Å². The Morgan fingerprint density at radius 3 is 2.50 bits per heavy atom. The van der Waals surface area contributed by atoms with Crippen molar-refractivity contribution < 1.29 is 9.53 Å². The zero-order valence-electron chi connectivity index (χ0n) is 11.4. The van der Waals surface area contributed by atoms with Gasteiger partial charge in [0.2, 0.25) is 0 Å². The molecule has 0 aliphatic rings. The van der Waals surface area contributed by atoms with E-state index in [9.17, 15) is 4.79 Å². The lowest BCUT2D eigenvalue weighted by Gasteiger charge is -2.02. The monoisotopic (exact) mass is 331 g/mol. The Hall–Kier alpha value is -2.28. The highest BCUT2D eigenvalue weighted by Gasteiger charge is 2.03. The molecule has 0 N–H and O–H groups in total. The van der Waals surface area contributed by atoms with Crippen LogP contribution in [-0.4, -0.2) is 12.4 Å². The van der Waals surface area contributed by atoms with Crippen molar-refractivity contribution >= 4 is 35.1 Å². The maximum absolute atomic E-state index is 12.1. The van der Waals surface area contributed by atoms with Crippen molar-refractivity contribution in [1.82, 2.24) is 0 Å². The molecular formula is C17H11Cl2NO2. The molecule has 0 bridgehead atoms. The van der Waals surface area contributed by atoms with Crippen LogP contribution in [-0.2, 0) is 0 Å². The summed E-state index contributed by atoms with van der Waals surface area (Å²) >= 11 is 11.8. The average molecular weight is 332 g/mol. The topological polar surface area (TPSA) is 50.1 Å². The number of benzene rings is 2. The molecule has 0 saturated carbocycles. The lowest BCUT2D eigenvalue weighted by Crippen LogP contribution is -1.96. The van der Waals surface area contributed by atoms with Crippen molar-refractivity contribution in [2.45, 2.75) is 0 Å². The predicted octanol–water partition coefficient (Wildman–Crippen LogP) is 4.79. The van der Waals surface area contributed by atoms with Gasteiger partial charge in [0.05, 0.1) is 10.0 Å². The summed E-state index contributed by atoms with van der Waals surface area (Å²) in [5.74, 6) is 0.407. The summed E-state index contributed by atoms with van der Waals surface area (Å²) in [5, 5.41) is 9.34. The summed E-state index contributed by atoms with van der Waals surface area (Å²) < 4.78 is 5.13. The number of hydrogen-bond acceptors (Lipinski definition) is 3. The van der Waals surface area contributed by atoms with Gasteiger partial charge >= 0.3 is 0 Å². The van der Waals surface area contributed by atoms with E-state index in [1.54, 1.807) is 48.5 Å². The Labute approximate surface area is 138 Å². The van der Waals surface area contributed by atoms with Gasteiger partial charge in [0.15, 0.2) is 12.4 Å². The van der Waals surface area contributed by atoms with E-state index in [-0.39, 0.29) is 12.4 Å². The molecule has 0 heterocycles. The molecule has 3 nitrogen and oxygen atoms in total. The van der Waals surface area contributed by atoms with Gasteiger partial charge in [-0.2, -0.15) is 5.26 Å². The summed E-state index contributed by atoms with van der Waals surface area (Å²) in [7, 11) is 0. The molecule has 0 spiro atoms. The van der Waals surface area contributed by atoms with Gasteiger partial charge in [-0.05, 0) is 48.0 Å². The van der Waals surface area contributed by atoms with Crippen LogP contribution >= 0.6 is 23.2 Å². The van der Waals surface area contributed by atoms with Crippen molar-refractivity contribution in [2.24, 2.45) is 0 Å². The molecule has 2 aromatic rings. The minimum atomic E-state index is -0.141. The fourth-order valence-corrected chi connectivity index (χ4v) is 2.02. The third-order valence-corrected chi connectivity index (χ3v) is 3.55. The smallest absolute Gasteiger partial charge is 0.185 e. The number of carbonyl (C=O) groups excluding carboxylic acids is 1. The number of hydrogen-bond donors (Lipinski definition) is 0. The van der Waals surface area contributed by atoms with Crippen molar-refractivity contribution in [2.75, 3.05) is 6.61 Å². The van der Waals surface area contributed by atoms with E-state index in [2.05, 4.69) is 0 Å². The van der Waals surface area contributed by atoms with E-state index in [0.717, 1.165) is 5.56 Å². The Bertz CT molecular complexity index is 746. The fourth-order valence-electron chi connectivity index (χ4n) is 1.72. The molecule has 0 fully saturated rings. The lowest BCUT2D eigenvalue weighted by molar-refractivity contribution is 0.104. The van der Waals surface area contributed by atoms with Crippen LogP contribution < -0.4 is 4.74 Å². The highest BCUT2D eigenvalue weighted by molar-refractivity contribution is 6.42. The first kappa shape index (κ1) is 16.1. The average Bonchev–Trinajstić information content (AvgIpc) is 2.54. The molecular weight excluding hydrogens is 321 g/mol. The number of allylic oxidation sites excluding steroid dienone is 1. The van der Waals surface area contributed by atoms with Gasteiger partial charge in [-0.3, -0.25) is 4.79 Å². The predicted molar refractivity (Wildman–Crippen MR) is 87.4 cm³/mol. The van der Waals surface area contributed by atoms with Crippen molar-refractivity contribution in [1.29, 1.82) is 5.26 Å². The third kappa shape index (κ3) is 4.36. The number of ether oxygens (including phenoxy) is 1. The molecule has 0 atom stereocenters. The van der Waals surface area contributed by atoms with Gasteiger partial charge in [-0.15, -0.1) is 0 Å². The third-order valence-electron chi connectivity index (χ3n) is 2.81.